The molecule has 1 aromatic heterocycles. The van der Waals surface area contributed by atoms with Crippen LogP contribution in [0.5, 0.6) is 0 Å². The van der Waals surface area contributed by atoms with E-state index in [0.29, 0.717) is 24.0 Å². The number of para-hydroxylation sites is 1. The van der Waals surface area contributed by atoms with Crippen molar-refractivity contribution in [3.05, 3.63) is 66.1 Å². The van der Waals surface area contributed by atoms with Crippen molar-refractivity contribution in [1.82, 2.24) is 9.47 Å². The van der Waals surface area contributed by atoms with Crippen molar-refractivity contribution in [3.8, 4) is 0 Å². The molecule has 0 unspecified atom stereocenters. The Balaban J connectivity index is 1.93. The third-order valence-electron chi connectivity index (χ3n) is 5.61. The van der Waals surface area contributed by atoms with E-state index in [-0.39, 0.29) is 22.9 Å². The second-order valence-corrected chi connectivity index (χ2v) is 10.0. The molecule has 0 bridgehead atoms. The number of hydrogen-bond acceptors (Lipinski definition) is 3. The Bertz CT molecular complexity index is 1160. The zero-order valence-electron chi connectivity index (χ0n) is 18.8. The lowest BCUT2D eigenvalue weighted by Gasteiger charge is -2.23. The van der Waals surface area contributed by atoms with Crippen molar-refractivity contribution in [3.63, 3.8) is 0 Å². The van der Waals surface area contributed by atoms with Crippen LogP contribution in [0.3, 0.4) is 0 Å². The molecular formula is C25H31FN2O3S. The smallest absolute Gasteiger partial charge is 0.242 e. The first-order valence-corrected chi connectivity index (χ1v) is 12.8. The Morgan fingerprint density at radius 1 is 0.969 bits per heavy atom. The third kappa shape index (κ3) is 5.57. The van der Waals surface area contributed by atoms with Gasteiger partial charge in [-0.15, -0.1) is 0 Å². The van der Waals surface area contributed by atoms with Crippen LogP contribution in [0.15, 0.2) is 59.6 Å². The van der Waals surface area contributed by atoms with Crippen LogP contribution < -0.4 is 0 Å². The van der Waals surface area contributed by atoms with Gasteiger partial charge in [0.25, 0.3) is 0 Å². The molecule has 1 amide bonds. The van der Waals surface area contributed by atoms with E-state index in [4.69, 9.17) is 0 Å². The first kappa shape index (κ1) is 24.0. The SMILES string of the molecule is CCCCN(CCCC)C(=O)Cn1cc(S(=O)(=O)Cc2ccccc2F)c2ccccc21. The molecule has 0 atom stereocenters. The molecule has 1 heterocycles. The minimum atomic E-state index is -3.81. The molecule has 3 aromatic rings. The lowest BCUT2D eigenvalue weighted by molar-refractivity contribution is -0.131. The average Bonchev–Trinajstić information content (AvgIpc) is 3.15. The predicted molar refractivity (Wildman–Crippen MR) is 126 cm³/mol. The predicted octanol–water partition coefficient (Wildman–Crippen LogP) is 5.18. The summed E-state index contributed by atoms with van der Waals surface area (Å²) >= 11 is 0. The number of halogens is 1. The number of amides is 1. The molecule has 0 aliphatic carbocycles. The third-order valence-corrected chi connectivity index (χ3v) is 7.30. The summed E-state index contributed by atoms with van der Waals surface area (Å²) in [5, 5.41) is 0.547. The van der Waals surface area contributed by atoms with Gasteiger partial charge < -0.3 is 9.47 Å². The maximum absolute atomic E-state index is 14.1. The first-order valence-electron chi connectivity index (χ1n) is 11.2. The lowest BCUT2D eigenvalue weighted by Crippen LogP contribution is -2.35. The van der Waals surface area contributed by atoms with Gasteiger partial charge in [0.15, 0.2) is 9.84 Å². The summed E-state index contributed by atoms with van der Waals surface area (Å²) in [6.07, 6.45) is 5.40. The second-order valence-electron chi connectivity index (χ2n) is 8.08. The molecule has 3 rings (SSSR count). The van der Waals surface area contributed by atoms with E-state index in [2.05, 4.69) is 13.8 Å². The van der Waals surface area contributed by atoms with Crippen molar-refractivity contribution in [2.24, 2.45) is 0 Å². The first-order chi connectivity index (χ1) is 15.4. The molecular weight excluding hydrogens is 427 g/mol. The molecule has 5 nitrogen and oxygen atoms in total. The number of benzene rings is 2. The van der Waals surface area contributed by atoms with Crippen molar-refractivity contribution in [2.75, 3.05) is 13.1 Å². The number of nitrogens with zero attached hydrogens (tertiary/aromatic N) is 2. The molecule has 0 aliphatic rings. The quantitative estimate of drug-likeness (QED) is 0.398. The van der Waals surface area contributed by atoms with Crippen LogP contribution >= 0.6 is 0 Å². The maximum atomic E-state index is 14.1. The highest BCUT2D eigenvalue weighted by Gasteiger charge is 2.24. The van der Waals surface area contributed by atoms with E-state index in [1.807, 2.05) is 17.0 Å². The fourth-order valence-corrected chi connectivity index (χ4v) is 5.39. The highest BCUT2D eigenvalue weighted by molar-refractivity contribution is 7.90. The Morgan fingerprint density at radius 2 is 1.59 bits per heavy atom. The zero-order valence-corrected chi connectivity index (χ0v) is 19.6. The van der Waals surface area contributed by atoms with Gasteiger partial charge in [0.05, 0.1) is 10.6 Å². The van der Waals surface area contributed by atoms with Crippen LogP contribution in [-0.2, 0) is 26.9 Å². The molecule has 32 heavy (non-hydrogen) atoms. The van der Waals surface area contributed by atoms with E-state index in [9.17, 15) is 17.6 Å². The van der Waals surface area contributed by atoms with Gasteiger partial charge in [0, 0.05) is 35.8 Å². The number of carbonyl (C=O) groups excluding carboxylic acids is 1. The number of rotatable bonds is 11. The van der Waals surface area contributed by atoms with Gasteiger partial charge in [0.1, 0.15) is 12.4 Å². The lowest BCUT2D eigenvalue weighted by atomic mass is 10.2. The zero-order chi connectivity index (χ0) is 23.1. The topological polar surface area (TPSA) is 59.4 Å². The van der Waals surface area contributed by atoms with Crippen molar-refractivity contribution in [1.29, 1.82) is 0 Å². The van der Waals surface area contributed by atoms with Crippen LogP contribution in [0.25, 0.3) is 10.9 Å². The molecule has 0 N–H and O–H groups in total. The van der Waals surface area contributed by atoms with Crippen LogP contribution in [0.1, 0.15) is 45.1 Å². The van der Waals surface area contributed by atoms with Gasteiger partial charge in [-0.3, -0.25) is 4.79 Å². The van der Waals surface area contributed by atoms with E-state index >= 15 is 0 Å². The highest BCUT2D eigenvalue weighted by Crippen LogP contribution is 2.28. The summed E-state index contributed by atoms with van der Waals surface area (Å²) in [7, 11) is -3.81. The summed E-state index contributed by atoms with van der Waals surface area (Å²) in [6.45, 7) is 5.66. The van der Waals surface area contributed by atoms with Gasteiger partial charge in [-0.05, 0) is 25.0 Å². The van der Waals surface area contributed by atoms with E-state index in [1.165, 1.54) is 24.4 Å². The number of sulfone groups is 1. The Morgan fingerprint density at radius 3 is 2.25 bits per heavy atom. The standard InChI is InChI=1S/C25H31FN2O3S/c1-3-5-15-27(16-6-4-2)25(29)18-28-17-24(21-12-8-10-14-23(21)28)32(30,31)19-20-11-7-9-13-22(20)26/h7-14,17H,3-6,15-16,18-19H2,1-2H3. The minimum absolute atomic E-state index is 0.0225. The molecule has 0 radical (unpaired) electrons. The second kappa shape index (κ2) is 10.8. The van der Waals surface area contributed by atoms with Crippen molar-refractivity contribution >= 4 is 26.6 Å². The molecule has 0 fully saturated rings. The number of unbranched alkanes of at least 4 members (excludes halogenated alkanes) is 2. The molecule has 2 aromatic carbocycles. The van der Waals surface area contributed by atoms with Gasteiger partial charge >= 0.3 is 0 Å². The molecule has 0 saturated heterocycles. The van der Waals surface area contributed by atoms with Gasteiger partial charge in [0.2, 0.25) is 5.91 Å². The summed E-state index contributed by atoms with van der Waals surface area (Å²) < 4.78 is 42.2. The fraction of sp³-hybridized carbons (Fsp3) is 0.400. The van der Waals surface area contributed by atoms with Gasteiger partial charge in [-0.1, -0.05) is 63.1 Å². The Hall–Kier alpha value is -2.67. The monoisotopic (exact) mass is 458 g/mol. The van der Waals surface area contributed by atoms with Crippen molar-refractivity contribution in [2.45, 2.75) is 56.7 Å². The Labute approximate surface area is 189 Å². The maximum Gasteiger partial charge on any atom is 0.242 e. The van der Waals surface area contributed by atoms with Gasteiger partial charge in [-0.2, -0.15) is 0 Å². The number of fused-ring (bicyclic) bond motifs is 1. The van der Waals surface area contributed by atoms with E-state index in [1.54, 1.807) is 22.8 Å². The van der Waals surface area contributed by atoms with E-state index in [0.717, 1.165) is 25.7 Å². The summed E-state index contributed by atoms with van der Waals surface area (Å²) in [5.74, 6) is -0.996. The molecule has 0 spiro atoms. The van der Waals surface area contributed by atoms with Crippen LogP contribution in [-0.4, -0.2) is 36.9 Å². The largest absolute Gasteiger partial charge is 0.341 e. The molecule has 7 heteroatoms. The van der Waals surface area contributed by atoms with Crippen LogP contribution in [0.4, 0.5) is 4.39 Å². The fourth-order valence-electron chi connectivity index (χ4n) is 3.79. The summed E-state index contributed by atoms with van der Waals surface area (Å²) in [5.41, 5.74) is 0.810. The summed E-state index contributed by atoms with van der Waals surface area (Å²) in [4.78, 5) is 15.1. The normalized spacial score (nSPS) is 11.7. The van der Waals surface area contributed by atoms with Crippen LogP contribution in [0, 0.1) is 5.82 Å². The summed E-state index contributed by atoms with van der Waals surface area (Å²) in [6, 6.07) is 13.0. The van der Waals surface area contributed by atoms with E-state index < -0.39 is 21.4 Å². The highest BCUT2D eigenvalue weighted by atomic mass is 32.2. The number of aromatic nitrogens is 1. The molecule has 172 valence electrons. The molecule has 0 aliphatic heterocycles. The minimum Gasteiger partial charge on any atom is -0.341 e. The average molecular weight is 459 g/mol. The van der Waals surface area contributed by atoms with Crippen LogP contribution in [0.2, 0.25) is 0 Å². The van der Waals surface area contributed by atoms with Gasteiger partial charge in [-0.25, -0.2) is 12.8 Å². The number of hydrogen-bond donors (Lipinski definition) is 0. The van der Waals surface area contributed by atoms with Crippen molar-refractivity contribution < 1.29 is 17.6 Å². The molecule has 0 saturated carbocycles. The Kier molecular flexibility index (Phi) is 8.07. The number of carbonyl (C=O) groups is 1.